The van der Waals surface area contributed by atoms with Crippen molar-refractivity contribution in [3.05, 3.63) is 47.2 Å². The molecule has 0 saturated heterocycles. The summed E-state index contributed by atoms with van der Waals surface area (Å²) in [6.07, 6.45) is -0.241. The quantitative estimate of drug-likeness (QED) is 0.924. The zero-order valence-corrected chi connectivity index (χ0v) is 11.4. The lowest BCUT2D eigenvalue weighted by Gasteiger charge is -2.27. The van der Waals surface area contributed by atoms with Crippen molar-refractivity contribution in [2.45, 2.75) is 6.10 Å². The van der Waals surface area contributed by atoms with Crippen molar-refractivity contribution in [2.24, 2.45) is 5.73 Å². The normalized spacial score (nSPS) is 17.1. The molecule has 2 aromatic carbocycles. The molecule has 1 heterocycles. The molecule has 2 N–H and O–H groups in total. The maximum atomic E-state index is 13.7. The standard InChI is InChI=1S/C15H13ClFNO2/c16-13-4-2-1-3-11(13)12-5-9(17)6-14-15(12)20-10(7-18)8-19-14/h1-6,10H,7-8,18H2/t10-/m0/s1. The van der Waals surface area contributed by atoms with Crippen LogP contribution in [0.1, 0.15) is 0 Å². The minimum Gasteiger partial charge on any atom is -0.486 e. The third-order valence-electron chi connectivity index (χ3n) is 3.16. The number of nitrogens with two attached hydrogens (primary N) is 1. The van der Waals surface area contributed by atoms with Gasteiger partial charge in [-0.1, -0.05) is 29.8 Å². The van der Waals surface area contributed by atoms with Gasteiger partial charge in [-0.05, 0) is 12.1 Å². The summed E-state index contributed by atoms with van der Waals surface area (Å²) in [5.74, 6) is 0.472. The van der Waals surface area contributed by atoms with Gasteiger partial charge in [-0.2, -0.15) is 0 Å². The Morgan fingerprint density at radius 3 is 2.80 bits per heavy atom. The SMILES string of the molecule is NC[C@H]1COc2cc(F)cc(-c3ccccc3Cl)c2O1. The second-order valence-corrected chi connectivity index (χ2v) is 4.95. The number of hydrogen-bond donors (Lipinski definition) is 1. The molecular formula is C15H13ClFNO2. The van der Waals surface area contributed by atoms with Crippen LogP contribution in [0, 0.1) is 5.82 Å². The molecule has 0 aliphatic carbocycles. The topological polar surface area (TPSA) is 44.5 Å². The minimum absolute atomic E-state index is 0.241. The molecule has 2 aromatic rings. The first kappa shape index (κ1) is 13.2. The molecule has 5 heteroatoms. The first-order valence-corrected chi connectivity index (χ1v) is 6.65. The minimum atomic E-state index is -0.395. The molecule has 1 atom stereocenters. The highest BCUT2D eigenvalue weighted by Crippen LogP contribution is 2.43. The highest BCUT2D eigenvalue weighted by molar-refractivity contribution is 6.33. The van der Waals surface area contributed by atoms with Gasteiger partial charge in [-0.25, -0.2) is 4.39 Å². The van der Waals surface area contributed by atoms with Crippen LogP contribution in [0.15, 0.2) is 36.4 Å². The summed E-state index contributed by atoms with van der Waals surface area (Å²) in [5, 5.41) is 0.527. The van der Waals surface area contributed by atoms with Crippen LogP contribution in [0.5, 0.6) is 11.5 Å². The van der Waals surface area contributed by atoms with Crippen LogP contribution in [-0.4, -0.2) is 19.3 Å². The second kappa shape index (κ2) is 5.31. The maximum Gasteiger partial charge on any atom is 0.169 e. The fraction of sp³-hybridized carbons (Fsp3) is 0.200. The van der Waals surface area contributed by atoms with E-state index in [2.05, 4.69) is 0 Å². The van der Waals surface area contributed by atoms with E-state index in [9.17, 15) is 4.39 Å². The predicted molar refractivity (Wildman–Crippen MR) is 75.8 cm³/mol. The van der Waals surface area contributed by atoms with Gasteiger partial charge >= 0.3 is 0 Å². The highest BCUT2D eigenvalue weighted by atomic mass is 35.5. The van der Waals surface area contributed by atoms with E-state index in [0.717, 1.165) is 0 Å². The summed E-state index contributed by atoms with van der Waals surface area (Å²) in [5.41, 5.74) is 6.88. The van der Waals surface area contributed by atoms with E-state index in [4.69, 9.17) is 26.8 Å². The van der Waals surface area contributed by atoms with Gasteiger partial charge in [0.15, 0.2) is 11.5 Å². The molecule has 1 aliphatic rings. The third kappa shape index (κ3) is 2.32. The van der Waals surface area contributed by atoms with E-state index in [1.807, 2.05) is 18.2 Å². The Morgan fingerprint density at radius 2 is 2.05 bits per heavy atom. The van der Waals surface area contributed by atoms with Crippen LogP contribution in [-0.2, 0) is 0 Å². The summed E-state index contributed by atoms with van der Waals surface area (Å²) in [6, 6.07) is 9.91. The van der Waals surface area contributed by atoms with Gasteiger partial charge in [0, 0.05) is 28.8 Å². The largest absolute Gasteiger partial charge is 0.486 e. The van der Waals surface area contributed by atoms with Crippen LogP contribution in [0.3, 0.4) is 0 Å². The van der Waals surface area contributed by atoms with Crippen LogP contribution < -0.4 is 15.2 Å². The van der Waals surface area contributed by atoms with E-state index in [-0.39, 0.29) is 6.10 Å². The molecule has 3 nitrogen and oxygen atoms in total. The van der Waals surface area contributed by atoms with Crippen LogP contribution in [0.2, 0.25) is 5.02 Å². The molecule has 20 heavy (non-hydrogen) atoms. The van der Waals surface area contributed by atoms with E-state index in [0.29, 0.717) is 40.8 Å². The average Bonchev–Trinajstić information content (AvgIpc) is 2.46. The average molecular weight is 294 g/mol. The van der Waals surface area contributed by atoms with Gasteiger partial charge in [0.25, 0.3) is 0 Å². The summed E-state index contributed by atoms with van der Waals surface area (Å²) in [6.45, 7) is 0.647. The van der Waals surface area contributed by atoms with Crippen molar-refractivity contribution in [3.63, 3.8) is 0 Å². The summed E-state index contributed by atoms with van der Waals surface area (Å²) >= 11 is 6.18. The zero-order chi connectivity index (χ0) is 14.1. The lowest BCUT2D eigenvalue weighted by Crippen LogP contribution is -2.36. The van der Waals surface area contributed by atoms with E-state index >= 15 is 0 Å². The monoisotopic (exact) mass is 293 g/mol. The Hall–Kier alpha value is -1.78. The zero-order valence-electron chi connectivity index (χ0n) is 10.6. The first-order valence-electron chi connectivity index (χ1n) is 6.27. The number of halogens is 2. The smallest absolute Gasteiger partial charge is 0.169 e. The van der Waals surface area contributed by atoms with Gasteiger partial charge in [0.1, 0.15) is 18.5 Å². The van der Waals surface area contributed by atoms with Gasteiger partial charge in [-0.15, -0.1) is 0 Å². The Kier molecular flexibility index (Phi) is 3.51. The summed E-state index contributed by atoms with van der Waals surface area (Å²) in [7, 11) is 0. The number of benzene rings is 2. The number of ether oxygens (including phenoxy) is 2. The van der Waals surface area contributed by atoms with Gasteiger partial charge in [-0.3, -0.25) is 0 Å². The Morgan fingerprint density at radius 1 is 1.25 bits per heavy atom. The van der Waals surface area contributed by atoms with Crippen molar-refractivity contribution < 1.29 is 13.9 Å². The number of fused-ring (bicyclic) bond motifs is 1. The Bertz CT molecular complexity index is 648. The molecule has 0 bridgehead atoms. The van der Waals surface area contributed by atoms with Crippen molar-refractivity contribution in [1.29, 1.82) is 0 Å². The highest BCUT2D eigenvalue weighted by Gasteiger charge is 2.25. The maximum absolute atomic E-state index is 13.7. The van der Waals surface area contributed by atoms with Crippen molar-refractivity contribution in [1.82, 2.24) is 0 Å². The molecule has 0 aromatic heterocycles. The summed E-state index contributed by atoms with van der Waals surface area (Å²) < 4.78 is 25.1. The summed E-state index contributed by atoms with van der Waals surface area (Å²) in [4.78, 5) is 0. The molecule has 3 rings (SSSR count). The van der Waals surface area contributed by atoms with Crippen LogP contribution >= 0.6 is 11.6 Å². The predicted octanol–water partition coefficient (Wildman–Crippen LogP) is 3.24. The Balaban J connectivity index is 2.16. The van der Waals surface area contributed by atoms with Gasteiger partial charge in [0.2, 0.25) is 0 Å². The first-order chi connectivity index (χ1) is 9.69. The van der Waals surface area contributed by atoms with Gasteiger partial charge in [0.05, 0.1) is 0 Å². The second-order valence-electron chi connectivity index (χ2n) is 4.55. The van der Waals surface area contributed by atoms with Crippen molar-refractivity contribution in [2.75, 3.05) is 13.2 Å². The molecule has 0 unspecified atom stereocenters. The molecule has 1 aliphatic heterocycles. The number of rotatable bonds is 2. The van der Waals surface area contributed by atoms with E-state index in [1.54, 1.807) is 6.07 Å². The lowest BCUT2D eigenvalue weighted by molar-refractivity contribution is 0.0971. The lowest BCUT2D eigenvalue weighted by atomic mass is 10.0. The van der Waals surface area contributed by atoms with E-state index in [1.165, 1.54) is 12.1 Å². The number of hydrogen-bond acceptors (Lipinski definition) is 3. The molecule has 0 spiro atoms. The van der Waals surface area contributed by atoms with Crippen molar-refractivity contribution in [3.8, 4) is 22.6 Å². The molecule has 0 amide bonds. The molecular weight excluding hydrogens is 281 g/mol. The van der Waals surface area contributed by atoms with E-state index < -0.39 is 5.82 Å². The third-order valence-corrected chi connectivity index (χ3v) is 3.49. The molecule has 0 saturated carbocycles. The van der Waals surface area contributed by atoms with Crippen molar-refractivity contribution >= 4 is 11.6 Å². The Labute approximate surface area is 121 Å². The van der Waals surface area contributed by atoms with Crippen LogP contribution in [0.25, 0.3) is 11.1 Å². The fourth-order valence-corrected chi connectivity index (χ4v) is 2.41. The molecule has 0 radical (unpaired) electrons. The molecule has 104 valence electrons. The van der Waals surface area contributed by atoms with Gasteiger partial charge < -0.3 is 15.2 Å². The molecule has 0 fully saturated rings. The fourth-order valence-electron chi connectivity index (χ4n) is 2.18. The van der Waals surface area contributed by atoms with Crippen LogP contribution in [0.4, 0.5) is 4.39 Å².